The van der Waals surface area contributed by atoms with Gasteiger partial charge in [-0.25, -0.2) is 4.79 Å². The first kappa shape index (κ1) is 24.9. The lowest BCUT2D eigenvalue weighted by Crippen LogP contribution is -2.20. The van der Waals surface area contributed by atoms with E-state index < -0.39 is 6.16 Å². The molecular weight excluding hydrogens is 370 g/mol. The molecule has 0 bridgehead atoms. The summed E-state index contributed by atoms with van der Waals surface area (Å²) in [4.78, 5) is 16.2. The topological polar surface area (TPSA) is 80.9 Å². The van der Waals surface area contributed by atoms with Gasteiger partial charge in [0.2, 0.25) is 11.8 Å². The Morgan fingerprint density at radius 2 is 1.31 bits per heavy atom. The number of hydrogen-bond donors (Lipinski definition) is 2. The van der Waals surface area contributed by atoms with Crippen LogP contribution in [0.5, 0.6) is 11.8 Å². The minimum absolute atomic E-state index is 0.267. The van der Waals surface area contributed by atoms with Crippen LogP contribution in [-0.4, -0.2) is 27.7 Å². The second kappa shape index (κ2) is 16.8. The van der Waals surface area contributed by atoms with E-state index in [1.165, 1.54) is 82.8 Å². The number of carbonyl (C=O) groups excluding carboxylic acids is 1. The molecule has 29 heavy (non-hydrogen) atoms. The van der Waals surface area contributed by atoms with Crippen molar-refractivity contribution in [2.75, 3.05) is 6.61 Å². The maximum Gasteiger partial charge on any atom is 0.533 e. The standard InChI is InChI=1S/C23H39NO5/c1-2-3-4-5-6-7-8-9-10-11-12-13-14-15-16-17-20-28-23(27)29-24-21(25)18-19-22(24)26/h9-10,18-19,25-26H,2-8,11-17,20H2,1H3. The summed E-state index contributed by atoms with van der Waals surface area (Å²) in [7, 11) is 0. The predicted molar refractivity (Wildman–Crippen MR) is 115 cm³/mol. The molecule has 0 saturated heterocycles. The third-order valence-electron chi connectivity index (χ3n) is 4.84. The highest BCUT2D eigenvalue weighted by Crippen LogP contribution is 2.18. The van der Waals surface area contributed by atoms with Crippen LogP contribution >= 0.6 is 0 Å². The van der Waals surface area contributed by atoms with Gasteiger partial charge in [-0.1, -0.05) is 76.9 Å². The molecule has 1 heterocycles. The van der Waals surface area contributed by atoms with Gasteiger partial charge in [-0.3, -0.25) is 4.84 Å². The number of hydrogen-bond acceptors (Lipinski definition) is 5. The summed E-state index contributed by atoms with van der Waals surface area (Å²) in [6, 6.07) is 2.43. The van der Waals surface area contributed by atoms with E-state index in [0.29, 0.717) is 4.73 Å². The van der Waals surface area contributed by atoms with Gasteiger partial charge in [-0.05, 0) is 32.1 Å². The van der Waals surface area contributed by atoms with E-state index >= 15 is 0 Å². The molecule has 0 atom stereocenters. The molecule has 0 aromatic carbocycles. The minimum atomic E-state index is -0.945. The fraction of sp³-hybridized carbons (Fsp3) is 0.696. The highest BCUT2D eigenvalue weighted by Gasteiger charge is 2.12. The van der Waals surface area contributed by atoms with Crippen molar-refractivity contribution < 1.29 is 24.6 Å². The first-order valence-corrected chi connectivity index (χ1v) is 11.2. The van der Waals surface area contributed by atoms with E-state index in [2.05, 4.69) is 19.1 Å². The highest BCUT2D eigenvalue weighted by atomic mass is 16.8. The van der Waals surface area contributed by atoms with Crippen LogP contribution < -0.4 is 4.84 Å². The van der Waals surface area contributed by atoms with Gasteiger partial charge in [-0.15, -0.1) is 4.73 Å². The van der Waals surface area contributed by atoms with Crippen molar-refractivity contribution in [3.8, 4) is 11.8 Å². The van der Waals surface area contributed by atoms with Gasteiger partial charge >= 0.3 is 6.16 Å². The predicted octanol–water partition coefficient (Wildman–Crippen LogP) is 6.50. The monoisotopic (exact) mass is 409 g/mol. The maximum absolute atomic E-state index is 11.5. The molecule has 6 heteroatoms. The van der Waals surface area contributed by atoms with Crippen molar-refractivity contribution in [2.45, 2.75) is 96.8 Å². The van der Waals surface area contributed by atoms with Crippen LogP contribution in [0.3, 0.4) is 0 Å². The molecule has 0 aliphatic rings. The van der Waals surface area contributed by atoms with Gasteiger partial charge in [0.25, 0.3) is 0 Å². The van der Waals surface area contributed by atoms with E-state index in [-0.39, 0.29) is 18.4 Å². The number of aromatic hydroxyl groups is 2. The molecule has 2 N–H and O–H groups in total. The summed E-state index contributed by atoms with van der Waals surface area (Å²) < 4.78 is 5.55. The Balaban J connectivity index is 1.84. The van der Waals surface area contributed by atoms with E-state index in [9.17, 15) is 15.0 Å². The summed E-state index contributed by atoms with van der Waals surface area (Å²) >= 11 is 0. The largest absolute Gasteiger partial charge is 0.533 e. The molecule has 0 aliphatic heterocycles. The average Bonchev–Trinajstić information content (AvgIpc) is 3.02. The van der Waals surface area contributed by atoms with Gasteiger partial charge < -0.3 is 14.9 Å². The molecule has 0 amide bonds. The SMILES string of the molecule is CCCCCCCCC=CCCCCCCCCOC(=O)On1c(O)ccc1O. The number of carbonyl (C=O) groups is 1. The normalized spacial score (nSPS) is 11.2. The molecule has 0 radical (unpaired) electrons. The van der Waals surface area contributed by atoms with Crippen LogP contribution in [0.2, 0.25) is 0 Å². The third kappa shape index (κ3) is 12.9. The van der Waals surface area contributed by atoms with Gasteiger partial charge in [0.1, 0.15) is 0 Å². The summed E-state index contributed by atoms with van der Waals surface area (Å²) in [5.74, 6) is -0.728. The molecule has 6 nitrogen and oxygen atoms in total. The van der Waals surface area contributed by atoms with Gasteiger partial charge in [0.15, 0.2) is 0 Å². The van der Waals surface area contributed by atoms with E-state index in [0.717, 1.165) is 19.3 Å². The molecule has 0 unspecified atom stereocenters. The summed E-state index contributed by atoms with van der Waals surface area (Å²) in [6.45, 7) is 2.52. The van der Waals surface area contributed by atoms with Crippen molar-refractivity contribution in [1.29, 1.82) is 0 Å². The fourth-order valence-corrected chi connectivity index (χ4v) is 3.10. The molecule has 0 saturated carbocycles. The summed E-state index contributed by atoms with van der Waals surface area (Å²) in [5.41, 5.74) is 0. The number of allylic oxidation sites excluding steroid dienone is 2. The number of nitrogens with zero attached hydrogens (tertiary/aromatic N) is 1. The molecule has 1 aromatic rings. The highest BCUT2D eigenvalue weighted by molar-refractivity contribution is 5.60. The van der Waals surface area contributed by atoms with E-state index in [4.69, 9.17) is 9.57 Å². The fourth-order valence-electron chi connectivity index (χ4n) is 3.10. The van der Waals surface area contributed by atoms with Gasteiger partial charge in [-0.2, -0.15) is 0 Å². The molecule has 1 rings (SSSR count). The van der Waals surface area contributed by atoms with Gasteiger partial charge in [0, 0.05) is 12.1 Å². The molecule has 1 aromatic heterocycles. The van der Waals surface area contributed by atoms with Crippen molar-refractivity contribution in [2.24, 2.45) is 0 Å². The van der Waals surface area contributed by atoms with Crippen molar-refractivity contribution in [3.63, 3.8) is 0 Å². The second-order valence-electron chi connectivity index (χ2n) is 7.47. The minimum Gasteiger partial charge on any atom is -0.492 e. The van der Waals surface area contributed by atoms with Crippen LogP contribution in [0.4, 0.5) is 4.79 Å². The van der Waals surface area contributed by atoms with Crippen LogP contribution in [0, 0.1) is 0 Å². The zero-order valence-corrected chi connectivity index (χ0v) is 18.0. The zero-order valence-electron chi connectivity index (χ0n) is 18.0. The molecule has 0 aliphatic carbocycles. The number of unbranched alkanes of at least 4 members (excludes halogenated alkanes) is 12. The third-order valence-corrected chi connectivity index (χ3v) is 4.84. The van der Waals surface area contributed by atoms with Crippen molar-refractivity contribution in [1.82, 2.24) is 4.73 Å². The Hall–Kier alpha value is -2.11. The lowest BCUT2D eigenvalue weighted by atomic mass is 10.1. The van der Waals surface area contributed by atoms with Crippen molar-refractivity contribution in [3.05, 3.63) is 24.3 Å². The number of rotatable bonds is 17. The Labute approximate surface area is 175 Å². The first-order valence-electron chi connectivity index (χ1n) is 11.2. The lowest BCUT2D eigenvalue weighted by molar-refractivity contribution is 0.0346. The number of ether oxygens (including phenoxy) is 1. The Bertz CT molecular complexity index is 548. The summed E-state index contributed by atoms with van der Waals surface area (Å²) in [5, 5.41) is 18.7. The van der Waals surface area contributed by atoms with Crippen LogP contribution in [-0.2, 0) is 4.74 Å². The summed E-state index contributed by atoms with van der Waals surface area (Å²) in [6.07, 6.45) is 20.8. The van der Waals surface area contributed by atoms with Gasteiger partial charge in [0.05, 0.1) is 6.61 Å². The average molecular weight is 410 g/mol. The lowest BCUT2D eigenvalue weighted by Gasteiger charge is -2.07. The number of aromatic nitrogens is 1. The van der Waals surface area contributed by atoms with Crippen molar-refractivity contribution >= 4 is 6.16 Å². The quantitative estimate of drug-likeness (QED) is 0.174. The first-order chi connectivity index (χ1) is 14.1. The van der Waals surface area contributed by atoms with E-state index in [1.807, 2.05) is 0 Å². The smallest absolute Gasteiger partial charge is 0.492 e. The Kier molecular flexibility index (Phi) is 14.4. The maximum atomic E-state index is 11.5. The van der Waals surface area contributed by atoms with Crippen LogP contribution in [0.1, 0.15) is 96.8 Å². The Morgan fingerprint density at radius 1 is 0.828 bits per heavy atom. The molecular formula is C23H39NO5. The van der Waals surface area contributed by atoms with Crippen LogP contribution in [0.25, 0.3) is 0 Å². The molecule has 0 spiro atoms. The Morgan fingerprint density at radius 3 is 1.86 bits per heavy atom. The molecule has 0 fully saturated rings. The zero-order chi connectivity index (χ0) is 21.2. The van der Waals surface area contributed by atoms with E-state index in [1.54, 1.807) is 0 Å². The molecule has 166 valence electrons. The van der Waals surface area contributed by atoms with Crippen LogP contribution in [0.15, 0.2) is 24.3 Å². The second-order valence-corrected chi connectivity index (χ2v) is 7.47.